The Morgan fingerprint density at radius 2 is 2.50 bits per heavy atom. The topological polar surface area (TPSA) is 70.3 Å². The Hall–Kier alpha value is -0.610. The summed E-state index contributed by atoms with van der Waals surface area (Å²) in [6.45, 7) is 1.91. The zero-order valence-electron chi connectivity index (χ0n) is 4.55. The zero-order valence-corrected chi connectivity index (χ0v) is 4.55. The molecule has 4 heteroatoms. The molecule has 0 aromatic heterocycles. The first-order valence-corrected chi connectivity index (χ1v) is 2.24. The Kier molecular flexibility index (Phi) is 3.14. The van der Waals surface area contributed by atoms with Gasteiger partial charge in [0.1, 0.15) is 0 Å². The van der Waals surface area contributed by atoms with Crippen LogP contribution in [-0.4, -0.2) is 23.9 Å². The van der Waals surface area contributed by atoms with E-state index in [-0.39, 0.29) is 6.61 Å². The fraction of sp³-hybridized carbons (Fsp3) is 0.750. The van der Waals surface area contributed by atoms with Crippen LogP contribution in [-0.2, 0) is 9.53 Å². The first kappa shape index (κ1) is 7.39. The van der Waals surface area contributed by atoms with Crippen LogP contribution in [0.4, 0.5) is 0 Å². The molecule has 0 saturated heterocycles. The van der Waals surface area contributed by atoms with Crippen molar-refractivity contribution in [3.05, 3.63) is 0 Å². The van der Waals surface area contributed by atoms with Crippen molar-refractivity contribution >= 4 is 5.97 Å². The van der Waals surface area contributed by atoms with E-state index in [0.29, 0.717) is 0 Å². The van der Waals surface area contributed by atoms with Crippen molar-refractivity contribution in [2.75, 3.05) is 6.61 Å². The highest BCUT2D eigenvalue weighted by Gasteiger charge is 2.09. The van der Waals surface area contributed by atoms with E-state index < -0.39 is 12.2 Å². The van der Waals surface area contributed by atoms with E-state index in [4.69, 9.17) is 10.8 Å². The lowest BCUT2D eigenvalue weighted by atomic mass is 10.6. The van der Waals surface area contributed by atoms with Gasteiger partial charge in [0.25, 0.3) is 0 Å². The van der Waals surface area contributed by atoms with Crippen LogP contribution in [0.25, 0.3) is 0 Å². The van der Waals surface area contributed by atoms with Gasteiger partial charge in [-0.3, -0.25) is 0 Å². The van der Waals surface area contributed by atoms with Crippen molar-refractivity contribution in [3.63, 3.8) is 0 Å². The van der Waals surface area contributed by atoms with Gasteiger partial charge in [-0.2, -0.15) is 0 Å². The van der Waals surface area contributed by atoms with Gasteiger partial charge in [-0.15, -0.1) is 0 Å². The molecule has 1 unspecified atom stereocenters. The van der Waals surface area contributed by atoms with Crippen molar-refractivity contribution in [2.24, 2.45) is 0 Å². The zero-order chi connectivity index (χ0) is 6.57. The summed E-state index contributed by atoms with van der Waals surface area (Å²) >= 11 is 0. The fourth-order valence-corrected chi connectivity index (χ4v) is 0.238. The van der Waals surface area contributed by atoms with Crippen LogP contribution < -0.4 is 5.73 Å². The van der Waals surface area contributed by atoms with Gasteiger partial charge in [0.05, 0.1) is 0 Å². The number of aliphatic carboxylic acids is 1. The summed E-state index contributed by atoms with van der Waals surface area (Å²) < 4.78 is 4.37. The molecule has 0 fully saturated rings. The molecule has 0 amide bonds. The molecule has 0 bridgehead atoms. The van der Waals surface area contributed by atoms with Crippen molar-refractivity contribution in [1.82, 2.24) is 5.73 Å². The smallest absolute Gasteiger partial charge is 0.349 e. The molecule has 0 aromatic carbocycles. The summed E-state index contributed by atoms with van der Waals surface area (Å²) in [5, 5.41) is 8.00. The van der Waals surface area contributed by atoms with E-state index in [1.807, 2.05) is 0 Å². The Morgan fingerprint density at radius 3 is 2.62 bits per heavy atom. The van der Waals surface area contributed by atoms with Crippen LogP contribution >= 0.6 is 0 Å². The lowest BCUT2D eigenvalue weighted by Gasteiger charge is -2.01. The second kappa shape index (κ2) is 3.40. The molecule has 0 saturated carbocycles. The number of carbonyl (C=O) groups is 1. The summed E-state index contributed by atoms with van der Waals surface area (Å²) in [6.07, 6.45) is -1.42. The Balaban J connectivity index is 3.32. The molecule has 8 heavy (non-hydrogen) atoms. The van der Waals surface area contributed by atoms with Crippen molar-refractivity contribution in [1.29, 1.82) is 0 Å². The number of carboxylic acid groups (broad SMARTS) is 1. The molecule has 0 aliphatic rings. The third-order valence-electron chi connectivity index (χ3n) is 0.558. The maximum Gasteiger partial charge on any atom is 0.349 e. The number of hydrogen-bond acceptors (Lipinski definition) is 2. The summed E-state index contributed by atoms with van der Waals surface area (Å²) in [6, 6.07) is 0. The normalized spacial score (nSPS) is 13.2. The van der Waals surface area contributed by atoms with Crippen LogP contribution in [0.5, 0.6) is 0 Å². The van der Waals surface area contributed by atoms with Gasteiger partial charge in [0.15, 0.2) is 0 Å². The van der Waals surface area contributed by atoms with E-state index in [2.05, 4.69) is 4.74 Å². The van der Waals surface area contributed by atoms with E-state index >= 15 is 0 Å². The minimum atomic E-state index is -1.42. The molecule has 0 aromatic rings. The molecule has 0 spiro atoms. The first-order valence-electron chi connectivity index (χ1n) is 2.24. The van der Waals surface area contributed by atoms with Gasteiger partial charge >= 0.3 is 5.97 Å². The molecule has 1 radical (unpaired) electrons. The van der Waals surface area contributed by atoms with E-state index in [1.165, 1.54) is 0 Å². The van der Waals surface area contributed by atoms with Gasteiger partial charge < -0.3 is 9.84 Å². The molecule has 4 nitrogen and oxygen atoms in total. The van der Waals surface area contributed by atoms with Gasteiger partial charge in [0, 0.05) is 6.61 Å². The molecular weight excluding hydrogens is 110 g/mol. The van der Waals surface area contributed by atoms with Crippen molar-refractivity contribution < 1.29 is 14.6 Å². The maximum absolute atomic E-state index is 9.78. The highest BCUT2D eigenvalue weighted by molar-refractivity contribution is 5.71. The lowest BCUT2D eigenvalue weighted by molar-refractivity contribution is -0.150. The third kappa shape index (κ3) is 2.54. The highest BCUT2D eigenvalue weighted by Crippen LogP contribution is 1.82. The molecule has 0 rings (SSSR count). The summed E-state index contributed by atoms with van der Waals surface area (Å²) in [5.74, 6) is -1.24. The van der Waals surface area contributed by atoms with Crippen LogP contribution in [0.15, 0.2) is 0 Å². The SMILES string of the molecule is CCOC([NH])C(=O)O. The van der Waals surface area contributed by atoms with E-state index in [9.17, 15) is 4.79 Å². The van der Waals surface area contributed by atoms with E-state index in [0.717, 1.165) is 0 Å². The van der Waals surface area contributed by atoms with Gasteiger partial charge in [-0.05, 0) is 6.92 Å². The van der Waals surface area contributed by atoms with Crippen LogP contribution in [0.1, 0.15) is 6.92 Å². The molecule has 2 N–H and O–H groups in total. The summed E-state index contributed by atoms with van der Waals surface area (Å²) in [5.41, 5.74) is 6.60. The average Bonchev–Trinajstić information content (AvgIpc) is 1.67. The molecule has 47 valence electrons. The largest absolute Gasteiger partial charge is 0.478 e. The fourth-order valence-electron chi connectivity index (χ4n) is 0.238. The number of carboxylic acids is 1. The second-order valence-electron chi connectivity index (χ2n) is 1.17. The minimum Gasteiger partial charge on any atom is -0.478 e. The van der Waals surface area contributed by atoms with Crippen molar-refractivity contribution in [3.8, 4) is 0 Å². The maximum atomic E-state index is 9.78. The molecular formula is C4H8NO3. The molecule has 0 aliphatic carbocycles. The van der Waals surface area contributed by atoms with Gasteiger partial charge in [-0.25, -0.2) is 10.5 Å². The number of nitrogens with one attached hydrogen (secondary N) is 1. The Bertz CT molecular complexity index is 83.4. The van der Waals surface area contributed by atoms with Gasteiger partial charge in [0.2, 0.25) is 6.23 Å². The second-order valence-corrected chi connectivity index (χ2v) is 1.17. The standard InChI is InChI=1S/C4H8NO3/c1-2-8-3(5)4(6)7/h3,5H,2H2,1H3,(H,6,7). The van der Waals surface area contributed by atoms with Crippen molar-refractivity contribution in [2.45, 2.75) is 13.2 Å². The molecule has 1 atom stereocenters. The third-order valence-corrected chi connectivity index (χ3v) is 0.558. The highest BCUT2D eigenvalue weighted by atomic mass is 16.5. The summed E-state index contributed by atoms with van der Waals surface area (Å²) in [7, 11) is 0. The predicted molar refractivity (Wildman–Crippen MR) is 26.1 cm³/mol. The Morgan fingerprint density at radius 1 is 2.00 bits per heavy atom. The first-order chi connectivity index (χ1) is 3.68. The minimum absolute atomic E-state index is 0.264. The average molecular weight is 118 g/mol. The quantitative estimate of drug-likeness (QED) is 0.553. The Labute approximate surface area is 47.2 Å². The van der Waals surface area contributed by atoms with Gasteiger partial charge in [-0.1, -0.05) is 0 Å². The number of rotatable bonds is 3. The molecule has 0 aliphatic heterocycles. The number of ether oxygens (including phenoxy) is 1. The number of hydrogen-bond donors (Lipinski definition) is 1. The van der Waals surface area contributed by atoms with E-state index in [1.54, 1.807) is 6.92 Å². The lowest BCUT2D eigenvalue weighted by Crippen LogP contribution is -2.24. The van der Waals surface area contributed by atoms with Crippen LogP contribution in [0, 0.1) is 0 Å². The molecule has 0 heterocycles. The monoisotopic (exact) mass is 118 g/mol. The van der Waals surface area contributed by atoms with Crippen LogP contribution in [0.3, 0.4) is 0 Å². The summed E-state index contributed by atoms with van der Waals surface area (Å²) in [4.78, 5) is 9.78. The van der Waals surface area contributed by atoms with Crippen LogP contribution in [0.2, 0.25) is 0 Å². The predicted octanol–water partition coefficient (Wildman–Crippen LogP) is -0.284.